The number of amides is 1. The summed E-state index contributed by atoms with van der Waals surface area (Å²) in [5.74, 6) is 0.139. The fourth-order valence-electron chi connectivity index (χ4n) is 3.33. The number of carbonyl (C=O) groups is 1. The number of hydrogen-bond donors (Lipinski definition) is 0. The first-order valence-corrected chi connectivity index (χ1v) is 8.22. The van der Waals surface area contributed by atoms with Gasteiger partial charge in [-0.3, -0.25) is 4.79 Å². The van der Waals surface area contributed by atoms with Crippen LogP contribution in [0.4, 0.5) is 0 Å². The van der Waals surface area contributed by atoms with Gasteiger partial charge in [0.05, 0.1) is 16.1 Å². The first kappa shape index (κ1) is 16.1. The standard InChI is InChI=1S/C19H17Cl2NO/c1-3-6-13(12-9-10-16(20)17(21)11-12)18-14-7-4-5-8-15(14)19(23)22(18)2/h3-5,7-11,13,18H,1,6H2,2H3. The zero-order chi connectivity index (χ0) is 16.6. The molecule has 1 heterocycles. The zero-order valence-electron chi connectivity index (χ0n) is 12.8. The van der Waals surface area contributed by atoms with Crippen LogP contribution in [0.3, 0.4) is 0 Å². The molecule has 2 aromatic rings. The molecule has 2 aromatic carbocycles. The molecule has 0 fully saturated rings. The maximum atomic E-state index is 12.5. The van der Waals surface area contributed by atoms with Crippen molar-refractivity contribution in [3.05, 3.63) is 81.9 Å². The minimum Gasteiger partial charge on any atom is -0.334 e. The molecule has 1 aliphatic heterocycles. The fraction of sp³-hybridized carbons (Fsp3) is 0.211. The molecule has 2 nitrogen and oxygen atoms in total. The highest BCUT2D eigenvalue weighted by Gasteiger charge is 2.38. The second-order valence-corrected chi connectivity index (χ2v) is 6.57. The molecule has 3 rings (SSSR count). The Hall–Kier alpha value is -1.77. The molecule has 2 unspecified atom stereocenters. The summed E-state index contributed by atoms with van der Waals surface area (Å²) in [7, 11) is 1.85. The van der Waals surface area contributed by atoms with Crippen molar-refractivity contribution in [1.29, 1.82) is 0 Å². The van der Waals surface area contributed by atoms with Gasteiger partial charge in [-0.05, 0) is 35.7 Å². The van der Waals surface area contributed by atoms with E-state index in [1.165, 1.54) is 0 Å². The van der Waals surface area contributed by atoms with E-state index in [2.05, 4.69) is 6.58 Å². The van der Waals surface area contributed by atoms with Crippen LogP contribution in [0, 0.1) is 0 Å². The number of hydrogen-bond acceptors (Lipinski definition) is 1. The summed E-state index contributed by atoms with van der Waals surface area (Å²) in [5.41, 5.74) is 2.88. The van der Waals surface area contributed by atoms with Crippen molar-refractivity contribution in [1.82, 2.24) is 4.90 Å². The summed E-state index contributed by atoms with van der Waals surface area (Å²) in [6.45, 7) is 3.87. The number of allylic oxidation sites excluding steroid dienone is 1. The van der Waals surface area contributed by atoms with E-state index in [0.717, 1.165) is 23.1 Å². The Bertz CT molecular complexity index is 772. The lowest BCUT2D eigenvalue weighted by atomic mass is 9.84. The zero-order valence-corrected chi connectivity index (χ0v) is 14.3. The van der Waals surface area contributed by atoms with Crippen LogP contribution < -0.4 is 0 Å². The van der Waals surface area contributed by atoms with Crippen molar-refractivity contribution >= 4 is 29.1 Å². The maximum absolute atomic E-state index is 12.5. The molecule has 0 N–H and O–H groups in total. The van der Waals surface area contributed by atoms with Crippen LogP contribution in [0.2, 0.25) is 10.0 Å². The van der Waals surface area contributed by atoms with Gasteiger partial charge in [0.15, 0.2) is 0 Å². The lowest BCUT2D eigenvalue weighted by Gasteiger charge is -2.30. The number of likely N-dealkylation sites (N-methyl/N-ethyl adjacent to an activating group) is 1. The normalized spacial score (nSPS) is 18.0. The molecule has 0 aromatic heterocycles. The van der Waals surface area contributed by atoms with Crippen LogP contribution in [-0.4, -0.2) is 17.9 Å². The van der Waals surface area contributed by atoms with E-state index in [-0.39, 0.29) is 17.9 Å². The number of halogens is 2. The van der Waals surface area contributed by atoms with Crippen LogP contribution in [0.1, 0.15) is 39.9 Å². The predicted molar refractivity (Wildman–Crippen MR) is 95.3 cm³/mol. The van der Waals surface area contributed by atoms with Crippen molar-refractivity contribution in [2.24, 2.45) is 0 Å². The minimum atomic E-state index is -0.0334. The molecule has 0 aliphatic carbocycles. The number of benzene rings is 2. The smallest absolute Gasteiger partial charge is 0.254 e. The SMILES string of the molecule is C=CCC(c1ccc(Cl)c(Cl)c1)C1c2ccccc2C(=O)N1C. The molecule has 0 saturated heterocycles. The first-order chi connectivity index (χ1) is 11.0. The Kier molecular flexibility index (Phi) is 4.47. The van der Waals surface area contributed by atoms with Crippen LogP contribution in [-0.2, 0) is 0 Å². The topological polar surface area (TPSA) is 20.3 Å². The Labute approximate surface area is 146 Å². The highest BCUT2D eigenvalue weighted by Crippen LogP contribution is 2.44. The second kappa shape index (κ2) is 6.38. The molecule has 118 valence electrons. The Morgan fingerprint density at radius 1 is 1.22 bits per heavy atom. The molecule has 0 bridgehead atoms. The van der Waals surface area contributed by atoms with Crippen LogP contribution in [0.25, 0.3) is 0 Å². The van der Waals surface area contributed by atoms with Crippen molar-refractivity contribution < 1.29 is 4.79 Å². The first-order valence-electron chi connectivity index (χ1n) is 7.46. The number of carbonyl (C=O) groups excluding carboxylic acids is 1. The van der Waals surface area contributed by atoms with E-state index < -0.39 is 0 Å². The monoisotopic (exact) mass is 345 g/mol. The van der Waals surface area contributed by atoms with Crippen molar-refractivity contribution in [2.75, 3.05) is 7.05 Å². The van der Waals surface area contributed by atoms with Crippen molar-refractivity contribution in [2.45, 2.75) is 18.4 Å². The average Bonchev–Trinajstić information content (AvgIpc) is 2.80. The summed E-state index contributed by atoms with van der Waals surface area (Å²) in [4.78, 5) is 14.3. The molecular formula is C19H17Cl2NO. The fourth-order valence-corrected chi connectivity index (χ4v) is 3.64. The number of fused-ring (bicyclic) bond motifs is 1. The summed E-state index contributed by atoms with van der Waals surface area (Å²) < 4.78 is 0. The average molecular weight is 346 g/mol. The van der Waals surface area contributed by atoms with E-state index in [0.29, 0.717) is 10.0 Å². The molecule has 1 amide bonds. The Balaban J connectivity index is 2.09. The van der Waals surface area contributed by atoms with Gasteiger partial charge < -0.3 is 4.90 Å². The number of rotatable bonds is 4. The third kappa shape index (κ3) is 2.77. The molecule has 1 aliphatic rings. The number of nitrogens with zero attached hydrogens (tertiary/aromatic N) is 1. The van der Waals surface area contributed by atoms with Gasteiger partial charge in [-0.2, -0.15) is 0 Å². The molecule has 0 radical (unpaired) electrons. The van der Waals surface area contributed by atoms with Crippen molar-refractivity contribution in [3.63, 3.8) is 0 Å². The third-order valence-corrected chi connectivity index (χ3v) is 5.16. The van der Waals surface area contributed by atoms with Gasteiger partial charge in [-0.1, -0.05) is 53.5 Å². The molecule has 23 heavy (non-hydrogen) atoms. The summed E-state index contributed by atoms with van der Waals surface area (Å²) in [6, 6.07) is 13.4. The highest BCUT2D eigenvalue weighted by molar-refractivity contribution is 6.42. The molecule has 2 atom stereocenters. The van der Waals surface area contributed by atoms with E-state index >= 15 is 0 Å². The van der Waals surface area contributed by atoms with Crippen LogP contribution in [0.15, 0.2) is 55.1 Å². The van der Waals surface area contributed by atoms with Gasteiger partial charge in [0.1, 0.15) is 0 Å². The maximum Gasteiger partial charge on any atom is 0.254 e. The second-order valence-electron chi connectivity index (χ2n) is 5.75. The Morgan fingerprint density at radius 2 is 1.96 bits per heavy atom. The van der Waals surface area contributed by atoms with E-state index in [1.54, 1.807) is 11.0 Å². The van der Waals surface area contributed by atoms with Gasteiger partial charge in [0.2, 0.25) is 0 Å². The third-order valence-electron chi connectivity index (χ3n) is 4.42. The van der Waals surface area contributed by atoms with E-state index in [1.807, 2.05) is 49.5 Å². The van der Waals surface area contributed by atoms with Gasteiger partial charge in [-0.25, -0.2) is 0 Å². The quantitative estimate of drug-likeness (QED) is 0.671. The Morgan fingerprint density at radius 3 is 2.65 bits per heavy atom. The molecule has 4 heteroatoms. The lowest BCUT2D eigenvalue weighted by molar-refractivity contribution is 0.0755. The predicted octanol–water partition coefficient (Wildman–Crippen LogP) is 5.48. The van der Waals surface area contributed by atoms with Crippen LogP contribution >= 0.6 is 23.2 Å². The lowest BCUT2D eigenvalue weighted by Crippen LogP contribution is -2.27. The summed E-state index contributed by atoms with van der Waals surface area (Å²) in [5, 5.41) is 1.06. The summed E-state index contributed by atoms with van der Waals surface area (Å²) >= 11 is 12.2. The molecule has 0 spiro atoms. The summed E-state index contributed by atoms with van der Waals surface area (Å²) in [6.07, 6.45) is 2.63. The highest BCUT2D eigenvalue weighted by atomic mass is 35.5. The van der Waals surface area contributed by atoms with Gasteiger partial charge >= 0.3 is 0 Å². The van der Waals surface area contributed by atoms with E-state index in [4.69, 9.17) is 23.2 Å². The van der Waals surface area contributed by atoms with Gasteiger partial charge in [0, 0.05) is 18.5 Å². The van der Waals surface area contributed by atoms with Gasteiger partial charge in [-0.15, -0.1) is 6.58 Å². The van der Waals surface area contributed by atoms with Crippen molar-refractivity contribution in [3.8, 4) is 0 Å². The molecular weight excluding hydrogens is 329 g/mol. The van der Waals surface area contributed by atoms with Crippen LogP contribution in [0.5, 0.6) is 0 Å². The van der Waals surface area contributed by atoms with E-state index in [9.17, 15) is 4.79 Å². The van der Waals surface area contributed by atoms with Gasteiger partial charge in [0.25, 0.3) is 5.91 Å². The molecule has 0 saturated carbocycles. The minimum absolute atomic E-state index is 0.0334. The largest absolute Gasteiger partial charge is 0.334 e.